The van der Waals surface area contributed by atoms with Crippen LogP contribution in [0.5, 0.6) is 0 Å². The number of aliphatic carboxylic acids is 1. The normalized spacial score (nSPS) is 17.5. The van der Waals surface area contributed by atoms with Gasteiger partial charge in [0.25, 0.3) is 0 Å². The fourth-order valence-electron chi connectivity index (χ4n) is 2.03. The van der Waals surface area contributed by atoms with Crippen LogP contribution in [-0.2, 0) is 10.2 Å². The molecule has 0 aromatic heterocycles. The molecule has 1 saturated carbocycles. The van der Waals surface area contributed by atoms with Crippen molar-refractivity contribution in [2.24, 2.45) is 0 Å². The highest BCUT2D eigenvalue weighted by atomic mass is 35.5. The highest BCUT2D eigenvalue weighted by Gasteiger charge is 2.47. The van der Waals surface area contributed by atoms with E-state index in [2.05, 4.69) is 0 Å². The molecule has 0 amide bonds. The smallest absolute Gasteiger partial charge is 0.304 e. The third-order valence-corrected chi connectivity index (χ3v) is 3.37. The molecule has 1 aliphatic rings. The van der Waals surface area contributed by atoms with Crippen molar-refractivity contribution in [1.82, 2.24) is 0 Å². The Balaban J connectivity index is 2.36. The van der Waals surface area contributed by atoms with Crippen LogP contribution in [0.2, 0.25) is 5.02 Å². The highest BCUT2D eigenvalue weighted by molar-refractivity contribution is 6.31. The van der Waals surface area contributed by atoms with Gasteiger partial charge in [-0.15, -0.1) is 0 Å². The fraction of sp³-hybridized carbons (Fsp3) is 0.417. The van der Waals surface area contributed by atoms with E-state index >= 15 is 0 Å². The van der Waals surface area contributed by atoms with Crippen LogP contribution in [0.25, 0.3) is 0 Å². The van der Waals surface area contributed by atoms with Crippen molar-refractivity contribution < 1.29 is 9.90 Å². The van der Waals surface area contributed by atoms with Gasteiger partial charge in [-0.25, -0.2) is 0 Å². The number of carboxylic acid groups (broad SMARTS) is 1. The number of hydrogen-bond donors (Lipinski definition) is 1. The van der Waals surface area contributed by atoms with E-state index in [1.54, 1.807) is 0 Å². The summed E-state index contributed by atoms with van der Waals surface area (Å²) in [5, 5.41) is 9.56. The summed E-state index contributed by atoms with van der Waals surface area (Å²) in [5.74, 6) is -0.745. The summed E-state index contributed by atoms with van der Waals surface area (Å²) < 4.78 is 0. The van der Waals surface area contributed by atoms with Gasteiger partial charge in [-0.3, -0.25) is 4.79 Å². The molecular weight excluding hydrogens is 212 g/mol. The second kappa shape index (κ2) is 3.53. The molecule has 1 aromatic rings. The molecule has 0 unspecified atom stereocenters. The number of rotatable bonds is 3. The Labute approximate surface area is 93.9 Å². The number of carboxylic acids is 1. The van der Waals surface area contributed by atoms with Crippen LogP contribution < -0.4 is 0 Å². The molecule has 3 heteroatoms. The van der Waals surface area contributed by atoms with E-state index in [-0.39, 0.29) is 11.8 Å². The highest BCUT2D eigenvalue weighted by Crippen LogP contribution is 2.53. The monoisotopic (exact) mass is 224 g/mol. The molecule has 1 aliphatic carbocycles. The molecule has 0 spiro atoms. The molecular formula is C12H13ClO2. The SMILES string of the molecule is Cc1ccc(Cl)c(C2(CC(=O)O)CC2)c1. The van der Waals surface area contributed by atoms with Gasteiger partial charge in [0.05, 0.1) is 6.42 Å². The van der Waals surface area contributed by atoms with Crippen molar-refractivity contribution in [1.29, 1.82) is 0 Å². The second-order valence-corrected chi connectivity index (χ2v) is 4.74. The minimum absolute atomic E-state index is 0.186. The van der Waals surface area contributed by atoms with Gasteiger partial charge in [-0.1, -0.05) is 29.3 Å². The summed E-state index contributed by atoms with van der Waals surface area (Å²) in [4.78, 5) is 10.8. The van der Waals surface area contributed by atoms with Crippen LogP contribution in [0, 0.1) is 6.92 Å². The molecule has 80 valence electrons. The summed E-state index contributed by atoms with van der Waals surface area (Å²) in [6.45, 7) is 2.00. The molecule has 0 radical (unpaired) electrons. The van der Waals surface area contributed by atoms with Crippen molar-refractivity contribution in [2.75, 3.05) is 0 Å². The van der Waals surface area contributed by atoms with Crippen LogP contribution in [-0.4, -0.2) is 11.1 Å². The summed E-state index contributed by atoms with van der Waals surface area (Å²) in [7, 11) is 0. The van der Waals surface area contributed by atoms with Crippen molar-refractivity contribution >= 4 is 17.6 Å². The van der Waals surface area contributed by atoms with Crippen molar-refractivity contribution in [3.8, 4) is 0 Å². The van der Waals surface area contributed by atoms with E-state index in [0.717, 1.165) is 24.0 Å². The van der Waals surface area contributed by atoms with E-state index in [1.807, 2.05) is 25.1 Å². The lowest BCUT2D eigenvalue weighted by atomic mass is 9.91. The average Bonchev–Trinajstić information content (AvgIpc) is 2.89. The van der Waals surface area contributed by atoms with E-state index in [9.17, 15) is 4.79 Å². The lowest BCUT2D eigenvalue weighted by molar-refractivity contribution is -0.137. The zero-order valence-electron chi connectivity index (χ0n) is 8.59. The number of aryl methyl sites for hydroxylation is 1. The molecule has 0 saturated heterocycles. The van der Waals surface area contributed by atoms with Gasteiger partial charge in [0.2, 0.25) is 0 Å². The molecule has 0 heterocycles. The predicted octanol–water partition coefficient (Wildman–Crippen LogP) is 3.15. The zero-order chi connectivity index (χ0) is 11.1. The topological polar surface area (TPSA) is 37.3 Å². The molecule has 0 aliphatic heterocycles. The Morgan fingerprint density at radius 3 is 2.73 bits per heavy atom. The summed E-state index contributed by atoms with van der Waals surface area (Å²) in [6.07, 6.45) is 2.06. The van der Waals surface area contributed by atoms with Gasteiger partial charge in [-0.05, 0) is 31.4 Å². The average molecular weight is 225 g/mol. The van der Waals surface area contributed by atoms with E-state index in [1.165, 1.54) is 0 Å². The van der Waals surface area contributed by atoms with Crippen LogP contribution in [0.4, 0.5) is 0 Å². The van der Waals surface area contributed by atoms with Crippen LogP contribution in [0.1, 0.15) is 30.4 Å². The maximum absolute atomic E-state index is 10.8. The molecule has 1 aromatic carbocycles. The van der Waals surface area contributed by atoms with E-state index < -0.39 is 5.97 Å². The van der Waals surface area contributed by atoms with Gasteiger partial charge in [-0.2, -0.15) is 0 Å². The van der Waals surface area contributed by atoms with Gasteiger partial charge in [0, 0.05) is 10.4 Å². The fourth-order valence-corrected chi connectivity index (χ4v) is 2.35. The standard InChI is InChI=1S/C12H13ClO2/c1-8-2-3-10(13)9(6-8)12(4-5-12)7-11(14)15/h2-3,6H,4-5,7H2,1H3,(H,14,15). The summed E-state index contributed by atoms with van der Waals surface area (Å²) in [6, 6.07) is 5.81. The van der Waals surface area contributed by atoms with Crippen molar-refractivity contribution in [3.05, 3.63) is 34.3 Å². The molecule has 1 N–H and O–H groups in total. The van der Waals surface area contributed by atoms with Gasteiger partial charge >= 0.3 is 5.97 Å². The first kappa shape index (κ1) is 10.5. The molecule has 1 fully saturated rings. The third-order valence-electron chi connectivity index (χ3n) is 3.04. The number of halogens is 1. The molecule has 0 bridgehead atoms. The zero-order valence-corrected chi connectivity index (χ0v) is 9.34. The van der Waals surface area contributed by atoms with Crippen LogP contribution in [0.15, 0.2) is 18.2 Å². The molecule has 2 nitrogen and oxygen atoms in total. The maximum Gasteiger partial charge on any atom is 0.304 e. The first-order chi connectivity index (χ1) is 7.03. The number of carbonyl (C=O) groups is 1. The summed E-state index contributed by atoms with van der Waals surface area (Å²) >= 11 is 6.11. The third kappa shape index (κ3) is 2.00. The van der Waals surface area contributed by atoms with Gasteiger partial charge < -0.3 is 5.11 Å². The molecule has 15 heavy (non-hydrogen) atoms. The van der Waals surface area contributed by atoms with E-state index in [4.69, 9.17) is 16.7 Å². The van der Waals surface area contributed by atoms with Gasteiger partial charge in [0.15, 0.2) is 0 Å². The van der Waals surface area contributed by atoms with Crippen LogP contribution in [0.3, 0.4) is 0 Å². The first-order valence-electron chi connectivity index (χ1n) is 5.02. The van der Waals surface area contributed by atoms with Crippen LogP contribution >= 0.6 is 11.6 Å². The quantitative estimate of drug-likeness (QED) is 0.857. The van der Waals surface area contributed by atoms with Crippen molar-refractivity contribution in [3.63, 3.8) is 0 Å². The molecule has 2 rings (SSSR count). The number of benzene rings is 1. The Hall–Kier alpha value is -1.02. The largest absolute Gasteiger partial charge is 0.481 e. The van der Waals surface area contributed by atoms with E-state index in [0.29, 0.717) is 5.02 Å². The first-order valence-corrected chi connectivity index (χ1v) is 5.40. The lowest BCUT2D eigenvalue weighted by Crippen LogP contribution is -2.13. The van der Waals surface area contributed by atoms with Gasteiger partial charge in [0.1, 0.15) is 0 Å². The number of hydrogen-bond acceptors (Lipinski definition) is 1. The Morgan fingerprint density at radius 1 is 1.53 bits per heavy atom. The minimum Gasteiger partial charge on any atom is -0.481 e. The Morgan fingerprint density at radius 2 is 2.20 bits per heavy atom. The molecule has 0 atom stereocenters. The predicted molar refractivity (Wildman–Crippen MR) is 59.4 cm³/mol. The maximum atomic E-state index is 10.8. The second-order valence-electron chi connectivity index (χ2n) is 4.33. The summed E-state index contributed by atoms with van der Waals surface area (Å²) in [5.41, 5.74) is 1.95. The van der Waals surface area contributed by atoms with Crippen molar-refractivity contribution in [2.45, 2.75) is 31.6 Å². The Kier molecular flexibility index (Phi) is 2.47. The Bertz CT molecular complexity index is 408. The lowest BCUT2D eigenvalue weighted by Gasteiger charge is -2.15. The minimum atomic E-state index is -0.745.